The first-order valence-corrected chi connectivity index (χ1v) is 16.4. The highest BCUT2D eigenvalue weighted by Crippen LogP contribution is 2.35. The summed E-state index contributed by atoms with van der Waals surface area (Å²) in [7, 11) is -3.89. The molecule has 3 aromatic rings. The predicted molar refractivity (Wildman–Crippen MR) is 166 cm³/mol. The lowest BCUT2D eigenvalue weighted by Crippen LogP contribution is -2.53. The topological polar surface area (TPSA) is 105 Å². The molecule has 0 bridgehead atoms. The molecule has 0 saturated heterocycles. The van der Waals surface area contributed by atoms with Crippen LogP contribution in [0.2, 0.25) is 0 Å². The van der Waals surface area contributed by atoms with Crippen LogP contribution in [0.15, 0.2) is 77.3 Å². The first kappa shape index (κ1) is 31.4. The number of anilines is 1. The predicted octanol–water partition coefficient (Wildman–Crippen LogP) is 4.54. The van der Waals surface area contributed by atoms with Gasteiger partial charge in [0.15, 0.2) is 11.5 Å². The molecule has 1 aliphatic rings. The second kappa shape index (κ2) is 14.6. The van der Waals surface area contributed by atoms with Crippen molar-refractivity contribution in [3.63, 3.8) is 0 Å². The van der Waals surface area contributed by atoms with E-state index in [9.17, 15) is 18.0 Å². The Morgan fingerprint density at radius 3 is 2.33 bits per heavy atom. The van der Waals surface area contributed by atoms with Crippen molar-refractivity contribution in [3.05, 3.63) is 88.4 Å². The maximum atomic E-state index is 14.2. The molecule has 0 spiro atoms. The summed E-state index contributed by atoms with van der Waals surface area (Å²) >= 11 is 3.49. The fraction of sp³-hybridized carbons (Fsp3) is 0.355. The summed E-state index contributed by atoms with van der Waals surface area (Å²) in [6, 6.07) is 20.9. The molecule has 4 rings (SSSR count). The number of hydrogen-bond acceptors (Lipinski definition) is 6. The lowest BCUT2D eigenvalue weighted by atomic mass is 10.0. The Hall–Kier alpha value is -3.57. The zero-order chi connectivity index (χ0) is 30.1. The highest BCUT2D eigenvalue weighted by atomic mass is 79.9. The molecule has 0 aliphatic carbocycles. The number of carbonyl (C=O) groups is 2. The summed E-state index contributed by atoms with van der Waals surface area (Å²) in [5.41, 5.74) is 1.96. The maximum absolute atomic E-state index is 14.2. The van der Waals surface area contributed by atoms with Gasteiger partial charge in [-0.2, -0.15) is 0 Å². The fourth-order valence-electron chi connectivity index (χ4n) is 4.66. The van der Waals surface area contributed by atoms with Gasteiger partial charge in [0, 0.05) is 30.0 Å². The average Bonchev–Trinajstić information content (AvgIpc) is 3.00. The van der Waals surface area contributed by atoms with Crippen molar-refractivity contribution in [3.8, 4) is 11.5 Å². The van der Waals surface area contributed by atoms with Crippen molar-refractivity contribution in [1.29, 1.82) is 0 Å². The van der Waals surface area contributed by atoms with E-state index in [1.807, 2.05) is 61.5 Å². The van der Waals surface area contributed by atoms with Crippen LogP contribution < -0.4 is 19.1 Å². The van der Waals surface area contributed by atoms with Gasteiger partial charge in [0.05, 0.1) is 11.4 Å². The van der Waals surface area contributed by atoms with Crippen molar-refractivity contribution in [1.82, 2.24) is 10.2 Å². The highest BCUT2D eigenvalue weighted by molar-refractivity contribution is 9.10. The van der Waals surface area contributed by atoms with Gasteiger partial charge in [-0.3, -0.25) is 13.9 Å². The van der Waals surface area contributed by atoms with Gasteiger partial charge in [-0.1, -0.05) is 65.3 Å². The molecule has 0 fully saturated rings. The molecule has 1 N–H and O–H groups in total. The first-order chi connectivity index (χ1) is 20.2. The van der Waals surface area contributed by atoms with Crippen LogP contribution in [0, 0.1) is 0 Å². The average molecular weight is 659 g/mol. The second-order valence-electron chi connectivity index (χ2n) is 9.88. The SMILES string of the molecule is CCCNC(=O)C(Cc1ccccc1)N(Cc1cccc(Br)c1)C(=O)CN(c1ccc2c(c1)OCCO2)S(=O)(=O)CC. The Bertz CT molecular complexity index is 1480. The molecule has 1 aliphatic heterocycles. The molecule has 0 radical (unpaired) electrons. The van der Waals surface area contributed by atoms with Crippen LogP contribution in [0.3, 0.4) is 0 Å². The van der Waals surface area contributed by atoms with Crippen molar-refractivity contribution >= 4 is 43.5 Å². The minimum absolute atomic E-state index is 0.108. The summed E-state index contributed by atoms with van der Waals surface area (Å²) in [4.78, 5) is 29.3. The normalized spacial score (nSPS) is 13.2. The number of hydrogen-bond donors (Lipinski definition) is 1. The Morgan fingerprint density at radius 2 is 1.64 bits per heavy atom. The molecule has 0 aromatic heterocycles. The van der Waals surface area contributed by atoms with Crippen LogP contribution in [-0.2, 0) is 32.6 Å². The van der Waals surface area contributed by atoms with Gasteiger partial charge in [-0.05, 0) is 48.7 Å². The minimum Gasteiger partial charge on any atom is -0.486 e. The van der Waals surface area contributed by atoms with E-state index in [2.05, 4.69) is 21.2 Å². The number of nitrogens with one attached hydrogen (secondary N) is 1. The lowest BCUT2D eigenvalue weighted by Gasteiger charge is -2.34. The largest absolute Gasteiger partial charge is 0.486 e. The van der Waals surface area contributed by atoms with E-state index in [4.69, 9.17) is 9.47 Å². The summed E-state index contributed by atoms with van der Waals surface area (Å²) < 4.78 is 39.9. The van der Waals surface area contributed by atoms with Gasteiger partial charge >= 0.3 is 0 Å². The molecule has 0 saturated carbocycles. The molecule has 1 atom stereocenters. The smallest absolute Gasteiger partial charge is 0.244 e. The van der Waals surface area contributed by atoms with E-state index < -0.39 is 28.5 Å². The Kier molecular flexibility index (Phi) is 10.9. The molecule has 1 heterocycles. The number of amides is 2. The number of nitrogens with zero attached hydrogens (tertiary/aromatic N) is 2. The quantitative estimate of drug-likeness (QED) is 0.289. The van der Waals surface area contributed by atoms with Crippen LogP contribution in [0.25, 0.3) is 0 Å². The maximum Gasteiger partial charge on any atom is 0.244 e. The molecule has 224 valence electrons. The van der Waals surface area contributed by atoms with E-state index in [-0.39, 0.29) is 30.3 Å². The Balaban J connectivity index is 1.74. The van der Waals surface area contributed by atoms with Gasteiger partial charge in [-0.25, -0.2) is 8.42 Å². The Morgan fingerprint density at radius 1 is 0.929 bits per heavy atom. The number of benzene rings is 3. The van der Waals surface area contributed by atoms with Crippen LogP contribution in [0.4, 0.5) is 5.69 Å². The monoisotopic (exact) mass is 657 g/mol. The van der Waals surface area contributed by atoms with Crippen LogP contribution in [0.5, 0.6) is 11.5 Å². The molecule has 9 nitrogen and oxygen atoms in total. The Labute approximate surface area is 256 Å². The zero-order valence-corrected chi connectivity index (χ0v) is 26.2. The van der Waals surface area contributed by atoms with Crippen LogP contribution in [0.1, 0.15) is 31.4 Å². The third-order valence-electron chi connectivity index (χ3n) is 6.86. The number of ether oxygens (including phenoxy) is 2. The van der Waals surface area contributed by atoms with Crippen LogP contribution >= 0.6 is 15.9 Å². The fourth-order valence-corrected chi connectivity index (χ4v) is 6.16. The standard InChI is InChI=1S/C31H36BrN3O6S/c1-3-15-33-31(37)27(19-23-9-6-5-7-10-23)34(21-24-11-8-12-25(32)18-24)30(36)22-35(42(38,39)4-2)26-13-14-28-29(20-26)41-17-16-40-28/h5-14,18,20,27H,3-4,15-17,19,21-22H2,1-2H3,(H,33,37). The summed E-state index contributed by atoms with van der Waals surface area (Å²) in [6.45, 7) is 4.29. The van der Waals surface area contributed by atoms with Crippen molar-refractivity contribution in [2.45, 2.75) is 39.3 Å². The van der Waals surface area contributed by atoms with Crippen LogP contribution in [-0.4, -0.2) is 63.2 Å². The van der Waals surface area contributed by atoms with Gasteiger partial charge in [0.1, 0.15) is 25.8 Å². The highest BCUT2D eigenvalue weighted by Gasteiger charge is 2.34. The summed E-state index contributed by atoms with van der Waals surface area (Å²) in [5, 5.41) is 2.94. The molecule has 2 amide bonds. The molecular weight excluding hydrogens is 622 g/mol. The minimum atomic E-state index is -3.89. The van der Waals surface area contributed by atoms with E-state index in [0.717, 1.165) is 26.3 Å². The molecule has 42 heavy (non-hydrogen) atoms. The third kappa shape index (κ3) is 8.04. The van der Waals surface area contributed by atoms with E-state index in [1.54, 1.807) is 18.2 Å². The van der Waals surface area contributed by atoms with Crippen molar-refractivity contribution in [2.75, 3.05) is 36.4 Å². The number of sulfonamides is 1. The number of carbonyl (C=O) groups excluding carboxylic acids is 2. The second-order valence-corrected chi connectivity index (χ2v) is 13.0. The summed E-state index contributed by atoms with van der Waals surface area (Å²) in [5.74, 6) is -0.0979. The van der Waals surface area contributed by atoms with Gasteiger partial charge < -0.3 is 19.7 Å². The third-order valence-corrected chi connectivity index (χ3v) is 9.09. The number of rotatable bonds is 13. The van der Waals surface area contributed by atoms with Gasteiger partial charge in [-0.15, -0.1) is 0 Å². The van der Waals surface area contributed by atoms with E-state index >= 15 is 0 Å². The van der Waals surface area contributed by atoms with E-state index in [1.165, 1.54) is 11.8 Å². The van der Waals surface area contributed by atoms with Gasteiger partial charge in [0.25, 0.3) is 0 Å². The first-order valence-electron chi connectivity index (χ1n) is 14.0. The lowest BCUT2D eigenvalue weighted by molar-refractivity contribution is -0.140. The van der Waals surface area contributed by atoms with E-state index in [0.29, 0.717) is 31.3 Å². The number of fused-ring (bicyclic) bond motifs is 1. The zero-order valence-electron chi connectivity index (χ0n) is 23.8. The van der Waals surface area contributed by atoms with Crippen molar-refractivity contribution in [2.24, 2.45) is 0 Å². The number of halogens is 1. The molecule has 11 heteroatoms. The summed E-state index contributed by atoms with van der Waals surface area (Å²) in [6.07, 6.45) is 0.997. The molecule has 3 aromatic carbocycles. The van der Waals surface area contributed by atoms with Crippen molar-refractivity contribution < 1.29 is 27.5 Å². The molecular formula is C31H36BrN3O6S. The van der Waals surface area contributed by atoms with Gasteiger partial charge in [0.2, 0.25) is 21.8 Å². The molecule has 1 unspecified atom stereocenters.